The smallest absolute Gasteiger partial charge is 0.287 e. The number of hydrogen-bond donors (Lipinski definition) is 2. The second kappa shape index (κ2) is 12.2. The van der Waals surface area contributed by atoms with E-state index >= 15 is 0 Å². The first-order chi connectivity index (χ1) is 11.1. The monoisotopic (exact) mass is 408 g/mol. The average molecular weight is 409 g/mol. The summed E-state index contributed by atoms with van der Waals surface area (Å²) in [6, 6.07) is 3.53. The van der Waals surface area contributed by atoms with Crippen LogP contribution in [0, 0.1) is 0 Å². The zero-order valence-corrected chi connectivity index (χ0v) is 16.9. The van der Waals surface area contributed by atoms with E-state index in [0.29, 0.717) is 18.1 Å². The lowest BCUT2D eigenvalue weighted by atomic mass is 10.1. The number of carbonyl (C=O) groups excluding carboxylic acids is 1. The van der Waals surface area contributed by atoms with Crippen LogP contribution < -0.4 is 11.1 Å². The van der Waals surface area contributed by atoms with Crippen LogP contribution in [0.5, 0.6) is 0 Å². The first kappa shape index (κ1) is 23.9. The van der Waals surface area contributed by atoms with Crippen LogP contribution in [0.15, 0.2) is 34.1 Å². The maximum Gasteiger partial charge on any atom is 0.287 e. The van der Waals surface area contributed by atoms with Crippen LogP contribution >= 0.6 is 36.6 Å². The summed E-state index contributed by atoms with van der Waals surface area (Å²) < 4.78 is 7.57. The van der Waals surface area contributed by atoms with Crippen molar-refractivity contribution in [3.8, 4) is 0 Å². The third-order valence-electron chi connectivity index (χ3n) is 3.53. The van der Waals surface area contributed by atoms with Gasteiger partial charge < -0.3 is 20.0 Å². The Hall–Kier alpha value is -1.15. The fraction of sp³-hybridized carbons (Fsp3) is 0.500. The number of aromatic nitrogens is 2. The first-order valence-electron chi connectivity index (χ1n) is 7.83. The number of amides is 1. The van der Waals surface area contributed by atoms with Gasteiger partial charge in [0.1, 0.15) is 5.76 Å². The second-order valence-electron chi connectivity index (χ2n) is 5.42. The molecule has 2 aromatic heterocycles. The summed E-state index contributed by atoms with van der Waals surface area (Å²) in [6.45, 7) is 2.56. The number of unbranched alkanes of at least 4 members (excludes halogenated alkanes) is 1. The van der Waals surface area contributed by atoms with Gasteiger partial charge in [0.05, 0.1) is 5.75 Å². The van der Waals surface area contributed by atoms with Gasteiger partial charge in [-0.3, -0.25) is 4.79 Å². The predicted molar refractivity (Wildman–Crippen MR) is 106 cm³/mol. The summed E-state index contributed by atoms with van der Waals surface area (Å²) in [5.74, 6) is 1.51. The van der Waals surface area contributed by atoms with Gasteiger partial charge in [-0.1, -0.05) is 31.5 Å². The fourth-order valence-electron chi connectivity index (χ4n) is 2.16. The van der Waals surface area contributed by atoms with Crippen molar-refractivity contribution in [2.45, 2.75) is 43.1 Å². The Labute approximate surface area is 165 Å². The van der Waals surface area contributed by atoms with Crippen molar-refractivity contribution >= 4 is 42.5 Å². The topological polar surface area (TPSA) is 86.1 Å². The Bertz CT molecular complexity index is 633. The number of nitrogens with one attached hydrogen (secondary N) is 1. The quantitative estimate of drug-likeness (QED) is 0.620. The number of hydrogen-bond acceptors (Lipinski definition) is 5. The maximum absolute atomic E-state index is 12.2. The van der Waals surface area contributed by atoms with Crippen LogP contribution in [0.3, 0.4) is 0 Å². The molecule has 3 N–H and O–H groups in total. The second-order valence-corrected chi connectivity index (χ2v) is 6.37. The van der Waals surface area contributed by atoms with Gasteiger partial charge in [-0.05, 0) is 18.6 Å². The molecule has 0 bridgehead atoms. The van der Waals surface area contributed by atoms with Gasteiger partial charge in [-0.15, -0.1) is 24.8 Å². The number of nitrogens with two attached hydrogens (primary N) is 1. The van der Waals surface area contributed by atoms with E-state index in [4.69, 9.17) is 10.2 Å². The third kappa shape index (κ3) is 7.32. The average Bonchev–Trinajstić information content (AvgIpc) is 3.18. The van der Waals surface area contributed by atoms with Crippen molar-refractivity contribution in [3.05, 3.63) is 36.0 Å². The van der Waals surface area contributed by atoms with Crippen LogP contribution in [0.25, 0.3) is 0 Å². The van der Waals surface area contributed by atoms with E-state index in [9.17, 15) is 4.79 Å². The lowest BCUT2D eigenvalue weighted by molar-refractivity contribution is 0.0906. The molecule has 0 saturated carbocycles. The summed E-state index contributed by atoms with van der Waals surface area (Å²) in [4.78, 5) is 16.4. The van der Waals surface area contributed by atoms with Gasteiger partial charge in [0.2, 0.25) is 0 Å². The van der Waals surface area contributed by atoms with E-state index < -0.39 is 0 Å². The minimum atomic E-state index is -0.204. The number of rotatable bonds is 9. The number of thioether (sulfide) groups is 1. The molecule has 0 spiro atoms. The van der Waals surface area contributed by atoms with E-state index in [-0.39, 0.29) is 36.8 Å². The highest BCUT2D eigenvalue weighted by atomic mass is 35.5. The van der Waals surface area contributed by atoms with Crippen molar-refractivity contribution in [1.82, 2.24) is 14.9 Å². The van der Waals surface area contributed by atoms with Crippen molar-refractivity contribution < 1.29 is 9.21 Å². The Morgan fingerprint density at radius 3 is 2.80 bits per heavy atom. The van der Waals surface area contributed by atoms with Crippen LogP contribution in [-0.2, 0) is 12.8 Å². The van der Waals surface area contributed by atoms with E-state index in [1.165, 1.54) is 0 Å². The zero-order valence-electron chi connectivity index (χ0n) is 14.4. The van der Waals surface area contributed by atoms with Gasteiger partial charge in [-0.2, -0.15) is 0 Å². The Kier molecular flexibility index (Phi) is 11.7. The van der Waals surface area contributed by atoms with Crippen molar-refractivity contribution in [2.75, 3.05) is 6.54 Å². The molecule has 0 saturated heterocycles. The van der Waals surface area contributed by atoms with Crippen LogP contribution in [0.2, 0.25) is 0 Å². The standard InChI is InChI=1S/C16H24N4O2S.2ClH/c1-3-4-5-12(10-17)19-15(21)14-7-6-13(22-14)11-23-16-18-8-9-20(16)2;;/h6-9,12H,3-5,10-11,17H2,1-2H3,(H,19,21);2*1H. The van der Waals surface area contributed by atoms with Gasteiger partial charge in [-0.25, -0.2) is 4.98 Å². The largest absolute Gasteiger partial charge is 0.455 e. The molecule has 0 aliphatic heterocycles. The highest BCUT2D eigenvalue weighted by Gasteiger charge is 2.15. The first-order valence-corrected chi connectivity index (χ1v) is 8.82. The lowest BCUT2D eigenvalue weighted by Gasteiger charge is -2.15. The minimum Gasteiger partial charge on any atom is -0.455 e. The molecule has 0 aliphatic rings. The number of aryl methyl sites for hydroxylation is 1. The molecule has 9 heteroatoms. The Morgan fingerprint density at radius 2 is 2.20 bits per heavy atom. The van der Waals surface area contributed by atoms with Crippen LogP contribution in [-0.4, -0.2) is 28.0 Å². The molecule has 1 amide bonds. The fourth-order valence-corrected chi connectivity index (χ4v) is 2.99. The minimum absolute atomic E-state index is 0. The molecule has 0 aliphatic carbocycles. The molecule has 25 heavy (non-hydrogen) atoms. The van der Waals surface area contributed by atoms with Gasteiger partial charge in [0.15, 0.2) is 10.9 Å². The van der Waals surface area contributed by atoms with Crippen molar-refractivity contribution in [1.29, 1.82) is 0 Å². The van der Waals surface area contributed by atoms with Gasteiger partial charge >= 0.3 is 0 Å². The van der Waals surface area contributed by atoms with E-state index in [2.05, 4.69) is 17.2 Å². The number of furan rings is 1. The summed E-state index contributed by atoms with van der Waals surface area (Å²) in [5, 5.41) is 3.84. The number of nitrogens with zero attached hydrogens (tertiary/aromatic N) is 2. The molecule has 1 atom stereocenters. The summed E-state index contributed by atoms with van der Waals surface area (Å²) >= 11 is 1.57. The highest BCUT2D eigenvalue weighted by Crippen LogP contribution is 2.21. The van der Waals surface area contributed by atoms with Crippen molar-refractivity contribution in [2.24, 2.45) is 12.8 Å². The summed E-state index contributed by atoms with van der Waals surface area (Å²) in [6.07, 6.45) is 6.67. The molecule has 1 unspecified atom stereocenters. The third-order valence-corrected chi connectivity index (χ3v) is 4.61. The highest BCUT2D eigenvalue weighted by molar-refractivity contribution is 7.98. The normalized spacial score (nSPS) is 11.3. The number of carbonyl (C=O) groups is 1. The summed E-state index contributed by atoms with van der Waals surface area (Å²) in [5.41, 5.74) is 5.70. The molecule has 2 heterocycles. The molecule has 0 aromatic carbocycles. The molecular weight excluding hydrogens is 383 g/mol. The molecule has 0 fully saturated rings. The number of imidazole rings is 1. The SMILES string of the molecule is CCCCC(CN)NC(=O)c1ccc(CSc2nccn2C)o1.Cl.Cl. The number of halogens is 2. The molecule has 2 aromatic rings. The maximum atomic E-state index is 12.2. The van der Waals surface area contributed by atoms with E-state index in [1.54, 1.807) is 24.0 Å². The predicted octanol–water partition coefficient (Wildman–Crippen LogP) is 3.40. The van der Waals surface area contributed by atoms with Crippen LogP contribution in [0.4, 0.5) is 0 Å². The van der Waals surface area contributed by atoms with Gasteiger partial charge in [0.25, 0.3) is 5.91 Å². The molecule has 2 rings (SSSR count). The zero-order chi connectivity index (χ0) is 16.7. The summed E-state index contributed by atoms with van der Waals surface area (Å²) in [7, 11) is 1.94. The van der Waals surface area contributed by atoms with Gasteiger partial charge in [0, 0.05) is 32.0 Å². The Morgan fingerprint density at radius 1 is 1.44 bits per heavy atom. The molecule has 0 radical (unpaired) electrons. The van der Waals surface area contributed by atoms with Crippen molar-refractivity contribution in [3.63, 3.8) is 0 Å². The van der Waals surface area contributed by atoms with Crippen LogP contribution in [0.1, 0.15) is 42.5 Å². The Balaban J connectivity index is 0.00000288. The molecule has 6 nitrogen and oxygen atoms in total. The van der Waals surface area contributed by atoms with E-state index in [1.807, 2.05) is 23.9 Å². The molecule has 142 valence electrons. The molecular formula is C16H26Cl2N4O2S. The lowest BCUT2D eigenvalue weighted by Crippen LogP contribution is -2.40. The van der Waals surface area contributed by atoms with E-state index in [0.717, 1.165) is 30.2 Å².